The number of para-hydroxylation sites is 1. The largest absolute Gasteiger partial charge is 0.381 e. The van der Waals surface area contributed by atoms with Gasteiger partial charge in [0.1, 0.15) is 0 Å². The molecule has 2 aromatic rings. The number of hydrogen-bond acceptors (Lipinski definition) is 1. The molecule has 1 heterocycles. The molecule has 0 bridgehead atoms. The van der Waals surface area contributed by atoms with Crippen molar-refractivity contribution in [2.45, 2.75) is 52.5 Å². The van der Waals surface area contributed by atoms with Crippen LogP contribution in [0.15, 0.2) is 42.5 Å². The molecule has 120 valence electrons. The fourth-order valence-electron chi connectivity index (χ4n) is 3.86. The van der Waals surface area contributed by atoms with E-state index in [1.54, 1.807) is 0 Å². The van der Waals surface area contributed by atoms with E-state index in [9.17, 15) is 0 Å². The van der Waals surface area contributed by atoms with Crippen LogP contribution < -0.4 is 5.32 Å². The number of rotatable bonds is 0. The second-order valence-electron chi connectivity index (χ2n) is 7.40. The lowest BCUT2D eigenvalue weighted by Crippen LogP contribution is -2.39. The van der Waals surface area contributed by atoms with Crippen LogP contribution in [0.4, 0.5) is 5.69 Å². The summed E-state index contributed by atoms with van der Waals surface area (Å²) >= 11 is 0. The van der Waals surface area contributed by atoms with Crippen LogP contribution in [0.1, 0.15) is 48.6 Å². The Balaban J connectivity index is 2.19. The third kappa shape index (κ3) is 2.93. The van der Waals surface area contributed by atoms with Crippen molar-refractivity contribution < 1.29 is 0 Å². The molecule has 0 fully saturated rings. The van der Waals surface area contributed by atoms with E-state index in [1.165, 1.54) is 33.5 Å². The SMILES string of the molecule is Cc1cc(C)c2c(c1)C/C=C\c1ccccc1NC(C)C2(C)C. The summed E-state index contributed by atoms with van der Waals surface area (Å²) in [6.45, 7) is 11.5. The maximum absolute atomic E-state index is 3.75. The zero-order valence-electron chi connectivity index (χ0n) is 14.9. The highest BCUT2D eigenvalue weighted by molar-refractivity contribution is 5.68. The lowest BCUT2D eigenvalue weighted by Gasteiger charge is -2.37. The quantitative estimate of drug-likeness (QED) is 0.663. The zero-order valence-corrected chi connectivity index (χ0v) is 14.9. The number of allylic oxidation sites excluding steroid dienone is 1. The Morgan fingerprint density at radius 2 is 1.83 bits per heavy atom. The summed E-state index contributed by atoms with van der Waals surface area (Å²) in [5.41, 5.74) is 8.25. The van der Waals surface area contributed by atoms with Crippen LogP contribution in [0.5, 0.6) is 0 Å². The summed E-state index contributed by atoms with van der Waals surface area (Å²) in [7, 11) is 0. The monoisotopic (exact) mass is 305 g/mol. The van der Waals surface area contributed by atoms with Gasteiger partial charge in [-0.1, -0.05) is 61.9 Å². The van der Waals surface area contributed by atoms with E-state index in [0.29, 0.717) is 6.04 Å². The average molecular weight is 305 g/mol. The fraction of sp³-hybridized carbons (Fsp3) is 0.364. The second kappa shape index (κ2) is 5.88. The smallest absolute Gasteiger partial charge is 0.0416 e. The number of benzene rings is 2. The van der Waals surface area contributed by atoms with Gasteiger partial charge in [-0.05, 0) is 55.5 Å². The molecule has 0 spiro atoms. The standard InChI is InChI=1S/C22H27N/c1-15-13-16(2)21-19(14-15)11-8-10-18-9-6-7-12-20(18)23-17(3)22(21,4)5/h6-10,12-14,17,23H,11H2,1-5H3/b10-8-. The molecule has 1 unspecified atom stereocenters. The Bertz CT molecular complexity index is 753. The van der Waals surface area contributed by atoms with E-state index < -0.39 is 0 Å². The molecule has 0 radical (unpaired) electrons. The first-order valence-corrected chi connectivity index (χ1v) is 8.52. The molecule has 1 nitrogen and oxygen atoms in total. The molecular formula is C22H27N. The summed E-state index contributed by atoms with van der Waals surface area (Å²) in [6, 6.07) is 13.6. The van der Waals surface area contributed by atoms with Crippen molar-refractivity contribution in [1.82, 2.24) is 0 Å². The molecule has 2 aromatic carbocycles. The molecule has 1 heteroatoms. The molecule has 3 rings (SSSR count). The minimum absolute atomic E-state index is 0.0609. The third-order valence-corrected chi connectivity index (χ3v) is 5.26. The van der Waals surface area contributed by atoms with Gasteiger partial charge >= 0.3 is 0 Å². The Labute approximate surface area is 140 Å². The van der Waals surface area contributed by atoms with Crippen molar-refractivity contribution in [2.75, 3.05) is 5.32 Å². The highest BCUT2D eigenvalue weighted by Crippen LogP contribution is 2.36. The number of anilines is 1. The van der Waals surface area contributed by atoms with Gasteiger partial charge in [0, 0.05) is 17.1 Å². The topological polar surface area (TPSA) is 12.0 Å². The van der Waals surface area contributed by atoms with Gasteiger partial charge in [-0.25, -0.2) is 0 Å². The first-order valence-electron chi connectivity index (χ1n) is 8.52. The Kier molecular flexibility index (Phi) is 4.06. The average Bonchev–Trinajstić information content (AvgIpc) is 2.47. The molecule has 1 aliphatic heterocycles. The van der Waals surface area contributed by atoms with E-state index in [1.807, 2.05) is 0 Å². The number of nitrogens with one attached hydrogen (secondary N) is 1. The van der Waals surface area contributed by atoms with E-state index in [4.69, 9.17) is 0 Å². The zero-order chi connectivity index (χ0) is 16.6. The lowest BCUT2D eigenvalue weighted by molar-refractivity contribution is 0.452. The van der Waals surface area contributed by atoms with Gasteiger partial charge in [0.15, 0.2) is 0 Å². The van der Waals surface area contributed by atoms with E-state index >= 15 is 0 Å². The number of aryl methyl sites for hydroxylation is 2. The summed E-state index contributed by atoms with van der Waals surface area (Å²) in [6.07, 6.45) is 5.53. The van der Waals surface area contributed by atoms with E-state index in [0.717, 1.165) is 6.42 Å². The molecule has 1 aliphatic rings. The molecule has 0 saturated carbocycles. The van der Waals surface area contributed by atoms with E-state index in [-0.39, 0.29) is 5.41 Å². The molecule has 1 atom stereocenters. The highest BCUT2D eigenvalue weighted by atomic mass is 14.9. The van der Waals surface area contributed by atoms with Crippen molar-refractivity contribution in [1.29, 1.82) is 0 Å². The van der Waals surface area contributed by atoms with Gasteiger partial charge < -0.3 is 5.32 Å². The minimum atomic E-state index is 0.0609. The number of fused-ring (bicyclic) bond motifs is 2. The van der Waals surface area contributed by atoms with Crippen molar-refractivity contribution in [3.8, 4) is 0 Å². The van der Waals surface area contributed by atoms with E-state index in [2.05, 4.69) is 88.5 Å². The van der Waals surface area contributed by atoms with Crippen LogP contribution in [0.25, 0.3) is 6.08 Å². The van der Waals surface area contributed by atoms with Gasteiger partial charge in [0.2, 0.25) is 0 Å². The van der Waals surface area contributed by atoms with Crippen molar-refractivity contribution in [3.63, 3.8) is 0 Å². The maximum Gasteiger partial charge on any atom is 0.0416 e. The Morgan fingerprint density at radius 3 is 2.61 bits per heavy atom. The Morgan fingerprint density at radius 1 is 1.09 bits per heavy atom. The van der Waals surface area contributed by atoms with Crippen LogP contribution in [0.3, 0.4) is 0 Å². The molecule has 23 heavy (non-hydrogen) atoms. The second-order valence-corrected chi connectivity index (χ2v) is 7.40. The van der Waals surface area contributed by atoms with Crippen molar-refractivity contribution >= 4 is 11.8 Å². The molecule has 0 aromatic heterocycles. The van der Waals surface area contributed by atoms with Crippen LogP contribution in [0.2, 0.25) is 0 Å². The molecule has 0 amide bonds. The van der Waals surface area contributed by atoms with Gasteiger partial charge in [-0.15, -0.1) is 0 Å². The van der Waals surface area contributed by atoms with Gasteiger partial charge in [0.05, 0.1) is 0 Å². The van der Waals surface area contributed by atoms with Gasteiger partial charge in [0.25, 0.3) is 0 Å². The first kappa shape index (κ1) is 15.9. The molecule has 1 N–H and O–H groups in total. The van der Waals surface area contributed by atoms with Gasteiger partial charge in [-0.3, -0.25) is 0 Å². The fourth-order valence-corrected chi connectivity index (χ4v) is 3.86. The van der Waals surface area contributed by atoms with Crippen molar-refractivity contribution in [2.24, 2.45) is 0 Å². The highest BCUT2D eigenvalue weighted by Gasteiger charge is 2.32. The molecule has 0 saturated heterocycles. The minimum Gasteiger partial charge on any atom is -0.381 e. The number of hydrogen-bond donors (Lipinski definition) is 1. The molecule has 0 aliphatic carbocycles. The van der Waals surface area contributed by atoms with Gasteiger partial charge in [-0.2, -0.15) is 0 Å². The van der Waals surface area contributed by atoms with Crippen molar-refractivity contribution in [3.05, 3.63) is 70.3 Å². The lowest BCUT2D eigenvalue weighted by atomic mass is 9.73. The molecular weight excluding hydrogens is 278 g/mol. The predicted molar refractivity (Wildman–Crippen MR) is 101 cm³/mol. The predicted octanol–water partition coefficient (Wildman–Crippen LogP) is 5.65. The maximum atomic E-state index is 3.75. The van der Waals surface area contributed by atoms with Crippen LogP contribution in [0, 0.1) is 13.8 Å². The first-order chi connectivity index (χ1) is 10.9. The summed E-state index contributed by atoms with van der Waals surface area (Å²) in [5.74, 6) is 0. The van der Waals surface area contributed by atoms with Crippen LogP contribution >= 0.6 is 0 Å². The Hall–Kier alpha value is -2.02. The summed E-state index contributed by atoms with van der Waals surface area (Å²) < 4.78 is 0. The summed E-state index contributed by atoms with van der Waals surface area (Å²) in [4.78, 5) is 0. The normalized spacial score (nSPS) is 20.8. The van der Waals surface area contributed by atoms with Crippen LogP contribution in [-0.4, -0.2) is 6.04 Å². The third-order valence-electron chi connectivity index (χ3n) is 5.26. The van der Waals surface area contributed by atoms with Crippen LogP contribution in [-0.2, 0) is 11.8 Å². The summed E-state index contributed by atoms with van der Waals surface area (Å²) in [5, 5.41) is 3.75.